The van der Waals surface area contributed by atoms with E-state index >= 15 is 0 Å². The number of rotatable bonds is 3. The highest BCUT2D eigenvalue weighted by molar-refractivity contribution is 5.66. The molecule has 76 valence electrons. The van der Waals surface area contributed by atoms with Gasteiger partial charge >= 0.3 is 5.97 Å². The number of esters is 1. The van der Waals surface area contributed by atoms with E-state index in [9.17, 15) is 4.79 Å². The van der Waals surface area contributed by atoms with Gasteiger partial charge in [0.1, 0.15) is 6.10 Å². The van der Waals surface area contributed by atoms with E-state index in [0.717, 1.165) is 19.3 Å². The molecule has 0 saturated heterocycles. The normalized spacial score (nSPS) is 30.7. The summed E-state index contributed by atoms with van der Waals surface area (Å²) in [5, 5.41) is 9.14. The number of allylic oxidation sites excluding steroid dienone is 1. The second-order valence-corrected chi connectivity index (χ2v) is 3.75. The Morgan fingerprint density at radius 1 is 1.86 bits per heavy atom. The zero-order valence-corrected chi connectivity index (χ0v) is 8.45. The molecule has 3 heteroatoms. The van der Waals surface area contributed by atoms with Crippen LogP contribution in [-0.4, -0.2) is 12.1 Å². The molecule has 0 N–H and O–H groups in total. The lowest BCUT2D eigenvalue weighted by molar-refractivity contribution is -0.149. The molecule has 0 heterocycles. The quantitative estimate of drug-likeness (QED) is 0.510. The van der Waals surface area contributed by atoms with E-state index in [1.54, 1.807) is 6.08 Å². The molecule has 0 spiro atoms. The van der Waals surface area contributed by atoms with Gasteiger partial charge in [0.15, 0.2) is 0 Å². The first kappa shape index (κ1) is 10.8. The van der Waals surface area contributed by atoms with Crippen molar-refractivity contribution in [3.05, 3.63) is 12.7 Å². The van der Waals surface area contributed by atoms with Crippen molar-refractivity contribution < 1.29 is 9.53 Å². The van der Waals surface area contributed by atoms with Gasteiger partial charge in [0.25, 0.3) is 0 Å². The fourth-order valence-electron chi connectivity index (χ4n) is 2.08. The first-order valence-electron chi connectivity index (χ1n) is 4.84. The van der Waals surface area contributed by atoms with Gasteiger partial charge < -0.3 is 4.74 Å². The van der Waals surface area contributed by atoms with E-state index in [1.807, 2.05) is 0 Å². The third-order valence-electron chi connectivity index (χ3n) is 2.75. The van der Waals surface area contributed by atoms with Gasteiger partial charge in [-0.05, 0) is 25.7 Å². The summed E-state index contributed by atoms with van der Waals surface area (Å²) >= 11 is 0. The van der Waals surface area contributed by atoms with Gasteiger partial charge in [-0.15, -0.1) is 6.58 Å². The molecule has 0 unspecified atom stereocenters. The molecule has 1 saturated carbocycles. The minimum Gasteiger partial charge on any atom is -0.461 e. The fourth-order valence-corrected chi connectivity index (χ4v) is 2.08. The second-order valence-electron chi connectivity index (χ2n) is 3.75. The van der Waals surface area contributed by atoms with Crippen LogP contribution in [0.2, 0.25) is 0 Å². The number of carbonyl (C=O) groups is 1. The van der Waals surface area contributed by atoms with Gasteiger partial charge in [0.05, 0.1) is 11.5 Å². The van der Waals surface area contributed by atoms with Gasteiger partial charge in [-0.2, -0.15) is 5.26 Å². The molecular formula is C11H15NO2. The molecule has 0 aliphatic heterocycles. The van der Waals surface area contributed by atoms with E-state index in [2.05, 4.69) is 12.6 Å². The summed E-state index contributed by atoms with van der Waals surface area (Å²) < 4.78 is 5.16. The van der Waals surface area contributed by atoms with Crippen LogP contribution in [-0.2, 0) is 9.53 Å². The van der Waals surface area contributed by atoms with Crippen molar-refractivity contribution in [1.29, 1.82) is 5.26 Å². The SMILES string of the molecule is C=CC[C@]1(C#N)CCC[C@H]1OC(C)=O. The maximum atomic E-state index is 10.9. The monoisotopic (exact) mass is 193 g/mol. The second kappa shape index (κ2) is 4.28. The van der Waals surface area contributed by atoms with E-state index in [0.29, 0.717) is 6.42 Å². The summed E-state index contributed by atoms with van der Waals surface area (Å²) in [6.07, 6.45) is 4.61. The largest absolute Gasteiger partial charge is 0.461 e. The summed E-state index contributed by atoms with van der Waals surface area (Å²) in [5.74, 6) is -0.305. The summed E-state index contributed by atoms with van der Waals surface area (Å²) in [4.78, 5) is 10.9. The number of hydrogen-bond acceptors (Lipinski definition) is 3. The van der Waals surface area contributed by atoms with Crippen LogP contribution >= 0.6 is 0 Å². The maximum Gasteiger partial charge on any atom is 0.302 e. The smallest absolute Gasteiger partial charge is 0.302 e. The minimum absolute atomic E-state index is 0.247. The third kappa shape index (κ3) is 1.95. The molecule has 0 aromatic rings. The van der Waals surface area contributed by atoms with Crippen molar-refractivity contribution in [2.45, 2.75) is 38.7 Å². The van der Waals surface area contributed by atoms with Gasteiger partial charge in [0, 0.05) is 6.92 Å². The van der Waals surface area contributed by atoms with Gasteiger partial charge in [-0.25, -0.2) is 0 Å². The van der Waals surface area contributed by atoms with Gasteiger partial charge in [-0.3, -0.25) is 4.79 Å². The topological polar surface area (TPSA) is 50.1 Å². The number of carbonyl (C=O) groups excluding carboxylic acids is 1. The zero-order valence-electron chi connectivity index (χ0n) is 8.45. The lowest BCUT2D eigenvalue weighted by Gasteiger charge is -2.26. The highest BCUT2D eigenvalue weighted by Gasteiger charge is 2.44. The first-order valence-corrected chi connectivity index (χ1v) is 4.84. The molecular weight excluding hydrogens is 178 g/mol. The highest BCUT2D eigenvalue weighted by atomic mass is 16.5. The van der Waals surface area contributed by atoms with E-state index in [1.165, 1.54) is 6.92 Å². The molecule has 1 aliphatic rings. The predicted molar refractivity (Wildman–Crippen MR) is 52.3 cm³/mol. The van der Waals surface area contributed by atoms with Crippen molar-refractivity contribution in [1.82, 2.24) is 0 Å². The van der Waals surface area contributed by atoms with Crippen LogP contribution in [0, 0.1) is 16.7 Å². The lowest BCUT2D eigenvalue weighted by Crippen LogP contribution is -2.31. The van der Waals surface area contributed by atoms with Crippen LogP contribution in [0.4, 0.5) is 0 Å². The number of nitrogens with zero attached hydrogens (tertiary/aromatic N) is 1. The standard InChI is InChI=1S/C11H15NO2/c1-3-6-11(8-12)7-4-5-10(11)14-9(2)13/h3,10H,1,4-7H2,2H3/t10-,11-/m1/s1. The van der Waals surface area contributed by atoms with Crippen molar-refractivity contribution in [3.63, 3.8) is 0 Å². The molecule has 14 heavy (non-hydrogen) atoms. The average Bonchev–Trinajstić information content (AvgIpc) is 2.49. The highest BCUT2D eigenvalue weighted by Crippen LogP contribution is 2.42. The lowest BCUT2D eigenvalue weighted by atomic mass is 9.82. The number of hydrogen-bond donors (Lipinski definition) is 0. The molecule has 0 amide bonds. The van der Waals surface area contributed by atoms with Crippen molar-refractivity contribution in [2.24, 2.45) is 5.41 Å². The average molecular weight is 193 g/mol. The molecule has 0 radical (unpaired) electrons. The maximum absolute atomic E-state index is 10.9. The Kier molecular flexibility index (Phi) is 3.29. The fraction of sp³-hybridized carbons (Fsp3) is 0.636. The minimum atomic E-state index is -0.520. The van der Waals surface area contributed by atoms with Crippen LogP contribution in [0.5, 0.6) is 0 Å². The Morgan fingerprint density at radius 3 is 3.07 bits per heavy atom. The number of nitriles is 1. The Morgan fingerprint density at radius 2 is 2.57 bits per heavy atom. The van der Waals surface area contributed by atoms with Gasteiger partial charge in [-0.1, -0.05) is 6.08 Å². The third-order valence-corrected chi connectivity index (χ3v) is 2.75. The van der Waals surface area contributed by atoms with Gasteiger partial charge in [0.2, 0.25) is 0 Å². The van der Waals surface area contributed by atoms with E-state index < -0.39 is 5.41 Å². The molecule has 0 aromatic heterocycles. The molecule has 2 atom stereocenters. The van der Waals surface area contributed by atoms with Crippen LogP contribution in [0.3, 0.4) is 0 Å². The molecule has 1 rings (SSSR count). The predicted octanol–water partition coefficient (Wildman–Crippen LogP) is 2.19. The molecule has 0 bridgehead atoms. The Balaban J connectivity index is 2.78. The zero-order chi connectivity index (χ0) is 10.6. The molecule has 0 aromatic carbocycles. The summed E-state index contributed by atoms with van der Waals surface area (Å²) in [7, 11) is 0. The molecule has 1 aliphatic carbocycles. The summed E-state index contributed by atoms with van der Waals surface area (Å²) in [6.45, 7) is 5.02. The first-order chi connectivity index (χ1) is 6.64. The van der Waals surface area contributed by atoms with Crippen LogP contribution in [0.1, 0.15) is 32.6 Å². The summed E-state index contributed by atoms with van der Waals surface area (Å²) in [6, 6.07) is 2.29. The Bertz CT molecular complexity index is 280. The Hall–Kier alpha value is -1.30. The van der Waals surface area contributed by atoms with E-state index in [-0.39, 0.29) is 12.1 Å². The summed E-state index contributed by atoms with van der Waals surface area (Å²) in [5.41, 5.74) is -0.520. The molecule has 1 fully saturated rings. The van der Waals surface area contributed by atoms with Crippen molar-refractivity contribution in [3.8, 4) is 6.07 Å². The van der Waals surface area contributed by atoms with Crippen LogP contribution < -0.4 is 0 Å². The van der Waals surface area contributed by atoms with Crippen LogP contribution in [0.25, 0.3) is 0 Å². The van der Waals surface area contributed by atoms with Crippen molar-refractivity contribution >= 4 is 5.97 Å². The Labute approximate surface area is 84.4 Å². The van der Waals surface area contributed by atoms with Crippen molar-refractivity contribution in [2.75, 3.05) is 0 Å². The number of ether oxygens (including phenoxy) is 1. The van der Waals surface area contributed by atoms with Crippen LogP contribution in [0.15, 0.2) is 12.7 Å². The van der Waals surface area contributed by atoms with E-state index in [4.69, 9.17) is 10.00 Å². The molecule has 3 nitrogen and oxygen atoms in total.